The average molecular weight is 364 g/mol. The number of carbonyl (C=O) groups is 1. The maximum atomic E-state index is 12.7. The molecule has 4 heteroatoms. The second-order valence-electron chi connectivity index (χ2n) is 8.12. The second kappa shape index (κ2) is 7.26. The van der Waals surface area contributed by atoms with E-state index in [1.54, 1.807) is 0 Å². The van der Waals surface area contributed by atoms with Gasteiger partial charge < -0.3 is 15.1 Å². The minimum atomic E-state index is 0.0808. The van der Waals surface area contributed by atoms with Gasteiger partial charge in [-0.1, -0.05) is 42.0 Å². The van der Waals surface area contributed by atoms with Gasteiger partial charge in [0.25, 0.3) is 0 Å². The number of rotatable bonds is 4. The Kier molecular flexibility index (Phi) is 4.81. The van der Waals surface area contributed by atoms with Gasteiger partial charge in [-0.2, -0.15) is 0 Å². The molecule has 1 aliphatic carbocycles. The highest BCUT2D eigenvalue weighted by Crippen LogP contribution is 2.47. The van der Waals surface area contributed by atoms with Crippen LogP contribution in [-0.4, -0.2) is 43.7 Å². The zero-order valence-corrected chi connectivity index (χ0v) is 16.4. The molecular formula is C23H29N3O. The number of carbonyl (C=O) groups excluding carboxylic acids is 1. The van der Waals surface area contributed by atoms with Crippen molar-refractivity contribution in [2.24, 2.45) is 0 Å². The molecule has 142 valence electrons. The number of amides is 2. The first-order valence-electron chi connectivity index (χ1n) is 9.97. The predicted octanol–water partition coefficient (Wildman–Crippen LogP) is 3.87. The molecule has 0 aromatic heterocycles. The van der Waals surface area contributed by atoms with Gasteiger partial charge in [-0.15, -0.1) is 0 Å². The first kappa shape index (κ1) is 17.9. The number of nitrogens with one attached hydrogen (secondary N) is 1. The number of aryl methyl sites for hydroxylation is 2. The maximum absolute atomic E-state index is 12.7. The Hall–Kier alpha value is -2.49. The number of piperazine rings is 1. The number of benzene rings is 2. The van der Waals surface area contributed by atoms with Crippen LogP contribution in [0.15, 0.2) is 48.5 Å². The number of anilines is 1. The Morgan fingerprint density at radius 3 is 2.30 bits per heavy atom. The van der Waals surface area contributed by atoms with Crippen LogP contribution in [-0.2, 0) is 5.41 Å². The lowest BCUT2D eigenvalue weighted by atomic mass is 9.95. The Labute approximate surface area is 162 Å². The Morgan fingerprint density at radius 2 is 1.67 bits per heavy atom. The molecule has 1 saturated carbocycles. The minimum absolute atomic E-state index is 0.0808. The third kappa shape index (κ3) is 3.95. The van der Waals surface area contributed by atoms with Crippen molar-refractivity contribution in [2.75, 3.05) is 37.6 Å². The first-order valence-corrected chi connectivity index (χ1v) is 9.97. The van der Waals surface area contributed by atoms with Crippen molar-refractivity contribution in [1.29, 1.82) is 0 Å². The van der Waals surface area contributed by atoms with Crippen molar-refractivity contribution in [1.82, 2.24) is 10.2 Å². The molecule has 0 bridgehead atoms. The molecule has 4 nitrogen and oxygen atoms in total. The van der Waals surface area contributed by atoms with E-state index in [1.807, 2.05) is 4.90 Å². The topological polar surface area (TPSA) is 35.6 Å². The zero-order valence-electron chi connectivity index (χ0n) is 16.4. The summed E-state index contributed by atoms with van der Waals surface area (Å²) in [6.07, 6.45) is 2.33. The molecule has 27 heavy (non-hydrogen) atoms. The van der Waals surface area contributed by atoms with Crippen LogP contribution in [0.3, 0.4) is 0 Å². The van der Waals surface area contributed by atoms with Gasteiger partial charge in [0.05, 0.1) is 0 Å². The highest BCUT2D eigenvalue weighted by molar-refractivity contribution is 5.75. The van der Waals surface area contributed by atoms with Crippen LogP contribution in [0.5, 0.6) is 0 Å². The third-order valence-corrected chi connectivity index (χ3v) is 6.03. The molecule has 1 aliphatic heterocycles. The van der Waals surface area contributed by atoms with Gasteiger partial charge in [-0.05, 0) is 49.9 Å². The Morgan fingerprint density at radius 1 is 0.963 bits per heavy atom. The Balaban J connectivity index is 1.29. The molecule has 0 unspecified atom stereocenters. The monoisotopic (exact) mass is 363 g/mol. The van der Waals surface area contributed by atoms with Crippen molar-refractivity contribution < 1.29 is 4.79 Å². The number of hydrogen-bond donors (Lipinski definition) is 1. The zero-order chi connectivity index (χ0) is 18.9. The molecule has 1 N–H and O–H groups in total. The summed E-state index contributed by atoms with van der Waals surface area (Å²) in [5, 5.41) is 3.20. The molecule has 0 atom stereocenters. The highest BCUT2D eigenvalue weighted by atomic mass is 16.2. The summed E-state index contributed by atoms with van der Waals surface area (Å²) in [6, 6.07) is 17.4. The summed E-state index contributed by atoms with van der Waals surface area (Å²) in [7, 11) is 0. The van der Waals surface area contributed by atoms with Crippen LogP contribution >= 0.6 is 0 Å². The predicted molar refractivity (Wildman–Crippen MR) is 110 cm³/mol. The standard InChI is InChI=1S/C23H29N3O/c1-18-6-8-20(9-7-18)23(10-11-23)17-24-22(27)26-14-12-25(13-15-26)21-5-3-4-19(2)16-21/h3-9,16H,10-15,17H2,1-2H3,(H,24,27). The van der Waals surface area contributed by atoms with Gasteiger partial charge in [0.2, 0.25) is 0 Å². The Bertz CT molecular complexity index is 803. The van der Waals surface area contributed by atoms with Crippen LogP contribution in [0.25, 0.3) is 0 Å². The van der Waals surface area contributed by atoms with Crippen LogP contribution in [0.1, 0.15) is 29.5 Å². The van der Waals surface area contributed by atoms with E-state index in [0.717, 1.165) is 45.6 Å². The molecule has 2 fully saturated rings. The largest absolute Gasteiger partial charge is 0.368 e. The van der Waals surface area contributed by atoms with Crippen LogP contribution in [0.4, 0.5) is 10.5 Å². The van der Waals surface area contributed by atoms with E-state index in [0.29, 0.717) is 0 Å². The van der Waals surface area contributed by atoms with E-state index in [9.17, 15) is 4.79 Å². The third-order valence-electron chi connectivity index (χ3n) is 6.03. The fourth-order valence-corrected chi connectivity index (χ4v) is 3.97. The molecular weight excluding hydrogens is 334 g/mol. The normalized spacial score (nSPS) is 18.3. The quantitative estimate of drug-likeness (QED) is 0.895. The lowest BCUT2D eigenvalue weighted by Crippen LogP contribution is -2.52. The van der Waals surface area contributed by atoms with Gasteiger partial charge in [-0.25, -0.2) is 4.79 Å². The summed E-state index contributed by atoms with van der Waals surface area (Å²) < 4.78 is 0. The smallest absolute Gasteiger partial charge is 0.317 e. The molecule has 0 radical (unpaired) electrons. The summed E-state index contributed by atoms with van der Waals surface area (Å²) >= 11 is 0. The SMILES string of the molecule is Cc1ccc(C2(CNC(=O)N3CCN(c4cccc(C)c4)CC3)CC2)cc1. The molecule has 2 aromatic rings. The summed E-state index contributed by atoms with van der Waals surface area (Å²) in [5.41, 5.74) is 5.33. The van der Waals surface area contributed by atoms with Crippen molar-refractivity contribution in [3.05, 3.63) is 65.2 Å². The van der Waals surface area contributed by atoms with Gasteiger partial charge in [0.15, 0.2) is 0 Å². The number of nitrogens with zero attached hydrogens (tertiary/aromatic N) is 2. The van der Waals surface area contributed by atoms with Gasteiger partial charge in [-0.3, -0.25) is 0 Å². The van der Waals surface area contributed by atoms with E-state index in [-0.39, 0.29) is 11.4 Å². The summed E-state index contributed by atoms with van der Waals surface area (Å²) in [5.74, 6) is 0. The summed E-state index contributed by atoms with van der Waals surface area (Å²) in [4.78, 5) is 17.0. The molecule has 1 heterocycles. The molecule has 2 aromatic carbocycles. The van der Waals surface area contributed by atoms with E-state index in [2.05, 4.69) is 72.6 Å². The van der Waals surface area contributed by atoms with Gasteiger partial charge in [0, 0.05) is 43.8 Å². The van der Waals surface area contributed by atoms with Crippen molar-refractivity contribution in [3.8, 4) is 0 Å². The van der Waals surface area contributed by atoms with Crippen molar-refractivity contribution >= 4 is 11.7 Å². The molecule has 2 aliphatic rings. The van der Waals surface area contributed by atoms with E-state index < -0.39 is 0 Å². The van der Waals surface area contributed by atoms with E-state index >= 15 is 0 Å². The van der Waals surface area contributed by atoms with E-state index in [1.165, 1.54) is 22.4 Å². The van der Waals surface area contributed by atoms with Crippen LogP contribution in [0.2, 0.25) is 0 Å². The van der Waals surface area contributed by atoms with Gasteiger partial charge >= 0.3 is 6.03 Å². The summed E-state index contributed by atoms with van der Waals surface area (Å²) in [6.45, 7) is 8.30. The highest BCUT2D eigenvalue weighted by Gasteiger charge is 2.44. The molecule has 0 spiro atoms. The minimum Gasteiger partial charge on any atom is -0.368 e. The first-order chi connectivity index (χ1) is 13.1. The van der Waals surface area contributed by atoms with Crippen molar-refractivity contribution in [2.45, 2.75) is 32.1 Å². The van der Waals surface area contributed by atoms with Gasteiger partial charge in [0.1, 0.15) is 0 Å². The molecule has 2 amide bonds. The lowest BCUT2D eigenvalue weighted by Gasteiger charge is -2.36. The second-order valence-corrected chi connectivity index (χ2v) is 8.12. The van der Waals surface area contributed by atoms with Crippen LogP contribution < -0.4 is 10.2 Å². The lowest BCUT2D eigenvalue weighted by molar-refractivity contribution is 0.193. The average Bonchev–Trinajstić information content (AvgIpc) is 3.48. The maximum Gasteiger partial charge on any atom is 0.317 e. The fourth-order valence-electron chi connectivity index (χ4n) is 3.97. The molecule has 1 saturated heterocycles. The van der Waals surface area contributed by atoms with E-state index in [4.69, 9.17) is 0 Å². The number of hydrogen-bond acceptors (Lipinski definition) is 2. The fraction of sp³-hybridized carbons (Fsp3) is 0.435. The van der Waals surface area contributed by atoms with Crippen LogP contribution in [0, 0.1) is 13.8 Å². The van der Waals surface area contributed by atoms with Crippen molar-refractivity contribution in [3.63, 3.8) is 0 Å². The number of urea groups is 1. The molecule has 4 rings (SSSR count).